The Balaban J connectivity index is 1.62. The maximum Gasteiger partial charge on any atom is 0.0622 e. The van der Waals surface area contributed by atoms with E-state index in [4.69, 9.17) is 15.2 Å². The van der Waals surface area contributed by atoms with E-state index in [1.807, 2.05) is 0 Å². The maximum absolute atomic E-state index is 5.92. The molecule has 1 saturated carbocycles. The van der Waals surface area contributed by atoms with Gasteiger partial charge in [-0.15, -0.1) is 0 Å². The van der Waals surface area contributed by atoms with Gasteiger partial charge in [0.15, 0.2) is 0 Å². The molecule has 0 atom stereocenters. The highest BCUT2D eigenvalue weighted by Gasteiger charge is 2.31. The van der Waals surface area contributed by atoms with Crippen LogP contribution in [0.5, 0.6) is 0 Å². The zero-order chi connectivity index (χ0) is 9.10. The molecule has 2 fully saturated rings. The monoisotopic (exact) mass is 185 g/mol. The number of hydrogen-bond donors (Lipinski definition) is 1. The summed E-state index contributed by atoms with van der Waals surface area (Å²) in [5, 5.41) is 0. The van der Waals surface area contributed by atoms with E-state index in [1.54, 1.807) is 0 Å². The smallest absolute Gasteiger partial charge is 0.0622 e. The summed E-state index contributed by atoms with van der Waals surface area (Å²) in [5.74, 6) is 0.727. The van der Waals surface area contributed by atoms with Crippen LogP contribution in [0.25, 0.3) is 0 Å². The molecule has 13 heavy (non-hydrogen) atoms. The van der Waals surface area contributed by atoms with E-state index in [9.17, 15) is 0 Å². The Morgan fingerprint density at radius 2 is 1.85 bits per heavy atom. The number of hydrogen-bond acceptors (Lipinski definition) is 3. The summed E-state index contributed by atoms with van der Waals surface area (Å²) in [4.78, 5) is 0. The second-order valence-electron chi connectivity index (χ2n) is 4.14. The lowest BCUT2D eigenvalue weighted by Crippen LogP contribution is -2.39. The van der Waals surface area contributed by atoms with Crippen LogP contribution in [0, 0.1) is 5.92 Å². The van der Waals surface area contributed by atoms with Gasteiger partial charge in [0.1, 0.15) is 0 Å². The van der Waals surface area contributed by atoms with E-state index < -0.39 is 0 Å². The van der Waals surface area contributed by atoms with Gasteiger partial charge in [0.05, 0.1) is 12.2 Å². The van der Waals surface area contributed by atoms with E-state index in [-0.39, 0.29) is 0 Å². The van der Waals surface area contributed by atoms with Gasteiger partial charge in [0.2, 0.25) is 0 Å². The standard InChI is InChI=1S/C10H19NO2/c11-7-8-5-10(6-8)13-9-1-3-12-4-2-9/h8-10H,1-7,11H2. The molecule has 1 aliphatic heterocycles. The first-order chi connectivity index (χ1) is 6.38. The van der Waals surface area contributed by atoms with Gasteiger partial charge in [-0.25, -0.2) is 0 Å². The molecule has 1 saturated heterocycles. The van der Waals surface area contributed by atoms with Gasteiger partial charge >= 0.3 is 0 Å². The van der Waals surface area contributed by atoms with Gasteiger partial charge in [0.25, 0.3) is 0 Å². The number of rotatable bonds is 3. The second kappa shape index (κ2) is 4.40. The zero-order valence-corrected chi connectivity index (χ0v) is 8.08. The first-order valence-corrected chi connectivity index (χ1v) is 5.31. The van der Waals surface area contributed by atoms with Crippen molar-refractivity contribution in [2.45, 2.75) is 37.9 Å². The van der Waals surface area contributed by atoms with Gasteiger partial charge in [-0.3, -0.25) is 0 Å². The van der Waals surface area contributed by atoms with Gasteiger partial charge in [-0.1, -0.05) is 0 Å². The fraction of sp³-hybridized carbons (Fsp3) is 1.00. The molecule has 2 N–H and O–H groups in total. The normalized spacial score (nSPS) is 35.8. The first-order valence-electron chi connectivity index (χ1n) is 5.31. The summed E-state index contributed by atoms with van der Waals surface area (Å²) in [6.45, 7) is 2.57. The molecule has 2 aliphatic rings. The number of nitrogens with two attached hydrogens (primary N) is 1. The third kappa shape index (κ3) is 2.42. The van der Waals surface area contributed by atoms with Crippen LogP contribution < -0.4 is 5.73 Å². The van der Waals surface area contributed by atoms with Crippen molar-refractivity contribution in [3.05, 3.63) is 0 Å². The molecule has 1 aliphatic carbocycles. The van der Waals surface area contributed by atoms with Crippen LogP contribution >= 0.6 is 0 Å². The fourth-order valence-electron chi connectivity index (χ4n) is 2.06. The quantitative estimate of drug-likeness (QED) is 0.711. The predicted octanol–water partition coefficient (Wildman–Crippen LogP) is 0.919. The third-order valence-corrected chi connectivity index (χ3v) is 3.08. The van der Waals surface area contributed by atoms with Crippen molar-refractivity contribution >= 4 is 0 Å². The Labute approximate surface area is 79.6 Å². The predicted molar refractivity (Wildman–Crippen MR) is 50.5 cm³/mol. The fourth-order valence-corrected chi connectivity index (χ4v) is 2.06. The molecular formula is C10H19NO2. The van der Waals surface area contributed by atoms with Crippen LogP contribution in [0.1, 0.15) is 25.7 Å². The van der Waals surface area contributed by atoms with Crippen LogP contribution in [0.2, 0.25) is 0 Å². The lowest BCUT2D eigenvalue weighted by Gasteiger charge is -2.37. The minimum atomic E-state index is 0.456. The summed E-state index contributed by atoms with van der Waals surface area (Å²) in [7, 11) is 0. The van der Waals surface area contributed by atoms with E-state index >= 15 is 0 Å². The van der Waals surface area contributed by atoms with Gasteiger partial charge < -0.3 is 15.2 Å². The number of ether oxygens (including phenoxy) is 2. The molecule has 0 unspecified atom stereocenters. The largest absolute Gasteiger partial charge is 0.381 e. The Morgan fingerprint density at radius 1 is 1.15 bits per heavy atom. The topological polar surface area (TPSA) is 44.5 Å². The Bertz CT molecular complexity index is 151. The molecule has 3 heteroatoms. The molecule has 0 aromatic carbocycles. The highest BCUT2D eigenvalue weighted by molar-refractivity contribution is 4.82. The molecule has 0 bridgehead atoms. The summed E-state index contributed by atoms with van der Waals surface area (Å²) in [6.07, 6.45) is 5.45. The summed E-state index contributed by atoms with van der Waals surface area (Å²) in [6, 6.07) is 0. The molecule has 0 amide bonds. The molecule has 0 radical (unpaired) electrons. The average molecular weight is 185 g/mol. The molecular weight excluding hydrogens is 166 g/mol. The van der Waals surface area contributed by atoms with Crippen molar-refractivity contribution in [3.8, 4) is 0 Å². The van der Waals surface area contributed by atoms with Crippen LogP contribution in [0.15, 0.2) is 0 Å². The lowest BCUT2D eigenvalue weighted by atomic mass is 9.82. The molecule has 3 nitrogen and oxygen atoms in total. The van der Waals surface area contributed by atoms with Gasteiger partial charge in [-0.05, 0) is 38.1 Å². The van der Waals surface area contributed by atoms with E-state index in [0.717, 1.165) is 38.5 Å². The first kappa shape index (κ1) is 9.44. The van der Waals surface area contributed by atoms with Crippen molar-refractivity contribution < 1.29 is 9.47 Å². The molecule has 0 aromatic heterocycles. The van der Waals surface area contributed by atoms with E-state index in [1.165, 1.54) is 12.8 Å². The minimum Gasteiger partial charge on any atom is -0.381 e. The maximum atomic E-state index is 5.92. The molecule has 0 aromatic rings. The Hall–Kier alpha value is -0.120. The summed E-state index contributed by atoms with van der Waals surface area (Å²) in [5.41, 5.74) is 5.55. The van der Waals surface area contributed by atoms with Crippen LogP contribution in [-0.4, -0.2) is 32.0 Å². The summed E-state index contributed by atoms with van der Waals surface area (Å²) < 4.78 is 11.2. The van der Waals surface area contributed by atoms with Gasteiger partial charge in [0, 0.05) is 13.2 Å². The molecule has 2 rings (SSSR count). The summed E-state index contributed by atoms with van der Waals surface area (Å²) >= 11 is 0. The average Bonchev–Trinajstić information content (AvgIpc) is 2.12. The third-order valence-electron chi connectivity index (χ3n) is 3.08. The molecule has 0 spiro atoms. The Morgan fingerprint density at radius 3 is 2.46 bits per heavy atom. The highest BCUT2D eigenvalue weighted by atomic mass is 16.5. The SMILES string of the molecule is NCC1CC(OC2CCOCC2)C1. The van der Waals surface area contributed by atoms with Crippen LogP contribution in [0.4, 0.5) is 0 Å². The van der Waals surface area contributed by atoms with Crippen molar-refractivity contribution in [1.82, 2.24) is 0 Å². The highest BCUT2D eigenvalue weighted by Crippen LogP contribution is 2.31. The van der Waals surface area contributed by atoms with E-state index in [2.05, 4.69) is 0 Å². The van der Waals surface area contributed by atoms with Crippen molar-refractivity contribution in [1.29, 1.82) is 0 Å². The Kier molecular flexibility index (Phi) is 3.19. The minimum absolute atomic E-state index is 0.456. The second-order valence-corrected chi connectivity index (χ2v) is 4.14. The van der Waals surface area contributed by atoms with Gasteiger partial charge in [-0.2, -0.15) is 0 Å². The van der Waals surface area contributed by atoms with Crippen molar-refractivity contribution in [3.63, 3.8) is 0 Å². The lowest BCUT2D eigenvalue weighted by molar-refractivity contribution is -0.107. The van der Waals surface area contributed by atoms with Crippen LogP contribution in [-0.2, 0) is 9.47 Å². The van der Waals surface area contributed by atoms with E-state index in [0.29, 0.717) is 12.2 Å². The zero-order valence-electron chi connectivity index (χ0n) is 8.08. The van der Waals surface area contributed by atoms with Crippen molar-refractivity contribution in [2.24, 2.45) is 11.7 Å². The molecule has 76 valence electrons. The van der Waals surface area contributed by atoms with Crippen LogP contribution in [0.3, 0.4) is 0 Å². The molecule has 1 heterocycles. The van der Waals surface area contributed by atoms with Crippen molar-refractivity contribution in [2.75, 3.05) is 19.8 Å².